The van der Waals surface area contributed by atoms with Crippen LogP contribution in [0.5, 0.6) is 23.0 Å². The number of anilines is 2. The molecular formula is C30H18F4N4O4. The molecule has 0 bridgehead atoms. The zero-order valence-electron chi connectivity index (χ0n) is 21.3. The van der Waals surface area contributed by atoms with Crippen LogP contribution >= 0.6 is 0 Å². The molecule has 210 valence electrons. The molecule has 0 unspecified atom stereocenters. The Morgan fingerprint density at radius 3 is 1.21 bits per heavy atom. The van der Waals surface area contributed by atoms with Gasteiger partial charge in [0.2, 0.25) is 34.8 Å². The van der Waals surface area contributed by atoms with Gasteiger partial charge >= 0.3 is 0 Å². The first-order valence-corrected chi connectivity index (χ1v) is 12.1. The van der Waals surface area contributed by atoms with Crippen molar-refractivity contribution in [2.24, 2.45) is 0 Å². The Balaban J connectivity index is 1.27. The van der Waals surface area contributed by atoms with Crippen LogP contribution in [0, 0.1) is 23.3 Å². The summed E-state index contributed by atoms with van der Waals surface area (Å²) in [6.45, 7) is 0. The molecule has 0 radical (unpaired) electrons. The molecule has 0 fully saturated rings. The fourth-order valence-electron chi connectivity index (χ4n) is 3.62. The molecule has 5 rings (SSSR count). The topological polar surface area (TPSA) is 102 Å². The van der Waals surface area contributed by atoms with E-state index in [1.807, 2.05) is 0 Å². The number of carbonyl (C=O) groups is 2. The van der Waals surface area contributed by atoms with E-state index in [2.05, 4.69) is 20.6 Å². The molecule has 2 heterocycles. The van der Waals surface area contributed by atoms with Crippen LogP contribution in [0.1, 0.15) is 20.7 Å². The van der Waals surface area contributed by atoms with Crippen molar-refractivity contribution in [1.29, 1.82) is 0 Å². The molecular weight excluding hydrogens is 556 g/mol. The van der Waals surface area contributed by atoms with Crippen molar-refractivity contribution in [3.05, 3.63) is 132 Å². The van der Waals surface area contributed by atoms with Gasteiger partial charge in [-0.15, -0.1) is 0 Å². The molecule has 0 aliphatic heterocycles. The third kappa shape index (κ3) is 6.17. The maximum Gasteiger partial charge on any atom is 0.257 e. The molecule has 0 saturated carbocycles. The molecule has 0 saturated heterocycles. The summed E-state index contributed by atoms with van der Waals surface area (Å²) < 4.78 is 69.4. The van der Waals surface area contributed by atoms with Crippen LogP contribution < -0.4 is 20.1 Å². The Hall–Kier alpha value is -5.78. The minimum Gasteiger partial charge on any atom is -0.451 e. The van der Waals surface area contributed by atoms with Crippen molar-refractivity contribution in [3.63, 3.8) is 0 Å². The minimum absolute atomic E-state index is 0.163. The van der Waals surface area contributed by atoms with Gasteiger partial charge < -0.3 is 20.1 Å². The number of rotatable bonds is 8. The van der Waals surface area contributed by atoms with E-state index in [0.29, 0.717) is 22.5 Å². The second-order valence-corrected chi connectivity index (χ2v) is 8.56. The third-order valence-corrected chi connectivity index (χ3v) is 5.69. The molecule has 0 spiro atoms. The Labute approximate surface area is 235 Å². The van der Waals surface area contributed by atoms with Crippen LogP contribution in [-0.2, 0) is 0 Å². The first kappa shape index (κ1) is 27.8. The zero-order valence-corrected chi connectivity index (χ0v) is 21.3. The molecule has 2 amide bonds. The molecule has 5 aromatic rings. The van der Waals surface area contributed by atoms with Gasteiger partial charge in [0.05, 0.1) is 11.1 Å². The third-order valence-electron chi connectivity index (χ3n) is 5.69. The highest BCUT2D eigenvalue weighted by Crippen LogP contribution is 2.39. The van der Waals surface area contributed by atoms with Gasteiger partial charge in [0.15, 0.2) is 0 Å². The predicted molar refractivity (Wildman–Crippen MR) is 144 cm³/mol. The van der Waals surface area contributed by atoms with Crippen LogP contribution in [0.15, 0.2) is 97.6 Å². The average molecular weight is 574 g/mol. The molecule has 3 aromatic carbocycles. The van der Waals surface area contributed by atoms with E-state index in [0.717, 1.165) is 0 Å². The number of amides is 2. The molecule has 0 aliphatic carbocycles. The Morgan fingerprint density at radius 2 is 0.905 bits per heavy atom. The smallest absolute Gasteiger partial charge is 0.257 e. The highest BCUT2D eigenvalue weighted by Gasteiger charge is 2.29. The number of carbonyl (C=O) groups excluding carboxylic acids is 2. The normalized spacial score (nSPS) is 10.6. The summed E-state index contributed by atoms with van der Waals surface area (Å²) in [5, 5.41) is 5.20. The van der Waals surface area contributed by atoms with Gasteiger partial charge in [-0.1, -0.05) is 0 Å². The average Bonchev–Trinajstić information content (AvgIpc) is 3.03. The fourth-order valence-corrected chi connectivity index (χ4v) is 3.62. The standard InChI is InChI=1S/C30H18F4N4O4/c31-23-25(33)28(42-22-11-7-20(8-12-22)38-30(40)18-4-2-14-36-16-18)26(34)24(32)27(23)41-21-9-5-19(6-10-21)37-29(39)17-3-1-13-35-15-17/h1-16H,(H,37,39)(H,38,40). The molecule has 42 heavy (non-hydrogen) atoms. The van der Waals surface area contributed by atoms with E-state index in [1.165, 1.54) is 73.3 Å². The molecule has 0 atom stereocenters. The number of halogens is 4. The lowest BCUT2D eigenvalue weighted by Gasteiger charge is -2.14. The monoisotopic (exact) mass is 574 g/mol. The first-order valence-electron chi connectivity index (χ1n) is 12.1. The minimum atomic E-state index is -1.82. The predicted octanol–water partition coefficient (Wildman–Crippen LogP) is 7.12. The highest BCUT2D eigenvalue weighted by molar-refractivity contribution is 6.04. The van der Waals surface area contributed by atoms with E-state index in [9.17, 15) is 27.2 Å². The number of ether oxygens (including phenoxy) is 2. The molecule has 12 heteroatoms. The van der Waals surface area contributed by atoms with Gasteiger partial charge in [-0.3, -0.25) is 19.6 Å². The van der Waals surface area contributed by atoms with Crippen LogP contribution in [0.3, 0.4) is 0 Å². The van der Waals surface area contributed by atoms with Gasteiger partial charge in [0.25, 0.3) is 11.8 Å². The summed E-state index contributed by atoms with van der Waals surface area (Å²) in [7, 11) is 0. The second-order valence-electron chi connectivity index (χ2n) is 8.56. The SMILES string of the molecule is O=C(Nc1ccc(Oc2c(F)c(F)c(Oc3ccc(NC(=O)c4cccnc4)cc3)c(F)c2F)cc1)c1cccnc1. The second kappa shape index (κ2) is 12.2. The van der Waals surface area contributed by atoms with Crippen LogP contribution in [0.4, 0.5) is 28.9 Å². The van der Waals surface area contributed by atoms with Crippen molar-refractivity contribution in [2.45, 2.75) is 0 Å². The van der Waals surface area contributed by atoms with E-state index in [-0.39, 0.29) is 11.5 Å². The van der Waals surface area contributed by atoms with Crippen LogP contribution in [0.2, 0.25) is 0 Å². The Bertz CT molecular complexity index is 1580. The largest absolute Gasteiger partial charge is 0.451 e. The number of benzene rings is 3. The Kier molecular flexibility index (Phi) is 8.05. The summed E-state index contributed by atoms with van der Waals surface area (Å²) in [6, 6.07) is 16.7. The quantitative estimate of drug-likeness (QED) is 0.151. The zero-order chi connectivity index (χ0) is 29.6. The van der Waals surface area contributed by atoms with Crippen molar-refractivity contribution in [2.75, 3.05) is 10.6 Å². The van der Waals surface area contributed by atoms with Gasteiger partial charge in [-0.25, -0.2) is 0 Å². The Morgan fingerprint density at radius 1 is 0.548 bits per heavy atom. The number of aromatic nitrogens is 2. The van der Waals surface area contributed by atoms with Crippen molar-refractivity contribution < 1.29 is 36.6 Å². The number of nitrogens with one attached hydrogen (secondary N) is 2. The number of nitrogens with zero attached hydrogens (tertiary/aromatic N) is 2. The molecule has 2 N–H and O–H groups in total. The van der Waals surface area contributed by atoms with E-state index < -0.39 is 46.6 Å². The van der Waals surface area contributed by atoms with E-state index >= 15 is 0 Å². The molecule has 2 aromatic heterocycles. The number of hydrogen-bond acceptors (Lipinski definition) is 6. The number of pyridine rings is 2. The van der Waals surface area contributed by atoms with Crippen LogP contribution in [-0.4, -0.2) is 21.8 Å². The van der Waals surface area contributed by atoms with Crippen molar-refractivity contribution in [3.8, 4) is 23.0 Å². The first-order chi connectivity index (χ1) is 20.3. The van der Waals surface area contributed by atoms with E-state index in [4.69, 9.17) is 9.47 Å². The van der Waals surface area contributed by atoms with E-state index in [1.54, 1.807) is 24.3 Å². The summed E-state index contributed by atoms with van der Waals surface area (Å²) in [4.78, 5) is 32.2. The summed E-state index contributed by atoms with van der Waals surface area (Å²) in [5.41, 5.74) is 1.25. The molecule has 8 nitrogen and oxygen atoms in total. The summed E-state index contributed by atoms with van der Waals surface area (Å²) in [5.74, 6) is -11.1. The lowest BCUT2D eigenvalue weighted by molar-refractivity contribution is 0.101. The van der Waals surface area contributed by atoms with Gasteiger partial charge in [0, 0.05) is 36.2 Å². The highest BCUT2D eigenvalue weighted by atomic mass is 19.2. The summed E-state index contributed by atoms with van der Waals surface area (Å²) in [6.07, 6.45) is 5.76. The van der Waals surface area contributed by atoms with Crippen LogP contribution in [0.25, 0.3) is 0 Å². The lowest BCUT2D eigenvalue weighted by atomic mass is 10.2. The number of hydrogen-bond donors (Lipinski definition) is 2. The molecule has 0 aliphatic rings. The fraction of sp³-hybridized carbons (Fsp3) is 0. The maximum absolute atomic E-state index is 14.8. The van der Waals surface area contributed by atoms with Crippen molar-refractivity contribution >= 4 is 23.2 Å². The maximum atomic E-state index is 14.8. The van der Waals surface area contributed by atoms with Gasteiger partial charge in [-0.2, -0.15) is 17.6 Å². The lowest BCUT2D eigenvalue weighted by Crippen LogP contribution is -2.11. The van der Waals surface area contributed by atoms with Gasteiger partial charge in [0.1, 0.15) is 11.5 Å². The summed E-state index contributed by atoms with van der Waals surface area (Å²) >= 11 is 0. The van der Waals surface area contributed by atoms with Gasteiger partial charge in [-0.05, 0) is 72.8 Å². The van der Waals surface area contributed by atoms with Crippen molar-refractivity contribution in [1.82, 2.24) is 9.97 Å².